The SMILES string of the molecule is N#CCN(CC#N)CCC(=O)Nc1cccc(N)c1. The van der Waals surface area contributed by atoms with Gasteiger partial charge in [-0.15, -0.1) is 0 Å². The Morgan fingerprint density at radius 3 is 2.58 bits per heavy atom. The molecule has 3 N–H and O–H groups in total. The lowest BCUT2D eigenvalue weighted by Gasteiger charge is -2.14. The van der Waals surface area contributed by atoms with Gasteiger partial charge in [-0.05, 0) is 18.2 Å². The van der Waals surface area contributed by atoms with Gasteiger partial charge < -0.3 is 11.1 Å². The zero-order valence-electron chi connectivity index (χ0n) is 10.5. The zero-order chi connectivity index (χ0) is 14.1. The summed E-state index contributed by atoms with van der Waals surface area (Å²) in [6.07, 6.45) is 0.220. The van der Waals surface area contributed by atoms with Gasteiger partial charge in [0.15, 0.2) is 0 Å². The first-order valence-corrected chi connectivity index (χ1v) is 5.77. The Balaban J connectivity index is 2.43. The number of carbonyl (C=O) groups excluding carboxylic acids is 1. The predicted octanol–water partition coefficient (Wildman–Crippen LogP) is 0.947. The van der Waals surface area contributed by atoms with E-state index >= 15 is 0 Å². The molecule has 98 valence electrons. The maximum atomic E-state index is 11.7. The molecule has 0 atom stereocenters. The Morgan fingerprint density at radius 1 is 1.32 bits per heavy atom. The first-order valence-electron chi connectivity index (χ1n) is 5.77. The van der Waals surface area contributed by atoms with Gasteiger partial charge in [-0.25, -0.2) is 0 Å². The van der Waals surface area contributed by atoms with E-state index in [-0.39, 0.29) is 25.4 Å². The molecule has 0 unspecified atom stereocenters. The second-order valence-electron chi connectivity index (χ2n) is 3.95. The normalized spacial score (nSPS) is 9.63. The number of nitriles is 2. The number of nitrogens with two attached hydrogens (primary N) is 1. The summed E-state index contributed by atoms with van der Waals surface area (Å²) in [7, 11) is 0. The van der Waals surface area contributed by atoms with Crippen molar-refractivity contribution in [3.8, 4) is 12.1 Å². The fourth-order valence-electron chi connectivity index (χ4n) is 1.51. The lowest BCUT2D eigenvalue weighted by Crippen LogP contribution is -2.28. The fraction of sp³-hybridized carbons (Fsp3) is 0.308. The highest BCUT2D eigenvalue weighted by Crippen LogP contribution is 2.11. The summed E-state index contributed by atoms with van der Waals surface area (Å²) >= 11 is 0. The topological polar surface area (TPSA) is 106 Å². The van der Waals surface area contributed by atoms with Crippen LogP contribution >= 0.6 is 0 Å². The summed E-state index contributed by atoms with van der Waals surface area (Å²) in [6.45, 7) is 0.646. The summed E-state index contributed by atoms with van der Waals surface area (Å²) in [6, 6.07) is 10.8. The molecule has 0 aliphatic carbocycles. The molecule has 0 aliphatic rings. The number of amides is 1. The summed E-state index contributed by atoms with van der Waals surface area (Å²) in [5.41, 5.74) is 6.82. The molecule has 1 aromatic carbocycles. The number of nitrogens with zero attached hydrogens (tertiary/aromatic N) is 3. The number of nitrogens with one attached hydrogen (secondary N) is 1. The number of hydrogen-bond donors (Lipinski definition) is 2. The van der Waals surface area contributed by atoms with Crippen LogP contribution in [0.15, 0.2) is 24.3 Å². The van der Waals surface area contributed by atoms with Crippen LogP contribution in [-0.4, -0.2) is 30.4 Å². The summed E-state index contributed by atoms with van der Waals surface area (Å²) in [5, 5.41) is 19.9. The molecule has 0 saturated heterocycles. The van der Waals surface area contributed by atoms with E-state index in [0.717, 1.165) is 0 Å². The minimum Gasteiger partial charge on any atom is -0.399 e. The molecule has 1 rings (SSSR count). The average Bonchev–Trinajstić information content (AvgIpc) is 2.36. The molecule has 6 nitrogen and oxygen atoms in total. The number of nitrogen functional groups attached to an aromatic ring is 1. The van der Waals surface area contributed by atoms with Crippen LogP contribution in [0.1, 0.15) is 6.42 Å². The molecular formula is C13H15N5O. The van der Waals surface area contributed by atoms with E-state index in [4.69, 9.17) is 16.3 Å². The van der Waals surface area contributed by atoms with E-state index in [0.29, 0.717) is 17.9 Å². The lowest BCUT2D eigenvalue weighted by atomic mass is 10.2. The Morgan fingerprint density at radius 2 is 2.00 bits per heavy atom. The van der Waals surface area contributed by atoms with Crippen LogP contribution in [0.25, 0.3) is 0 Å². The standard InChI is InChI=1S/C13H15N5O/c14-5-8-18(9-6-15)7-4-13(19)17-12-3-1-2-11(16)10-12/h1-3,10H,4,7-9,16H2,(H,17,19). The van der Waals surface area contributed by atoms with Gasteiger partial charge in [0.05, 0.1) is 25.2 Å². The Kier molecular flexibility index (Phi) is 5.87. The third kappa shape index (κ3) is 5.53. The van der Waals surface area contributed by atoms with Crippen molar-refractivity contribution in [1.82, 2.24) is 4.90 Å². The van der Waals surface area contributed by atoms with Crippen LogP contribution in [0.5, 0.6) is 0 Å². The van der Waals surface area contributed by atoms with Gasteiger partial charge >= 0.3 is 0 Å². The van der Waals surface area contributed by atoms with Crippen molar-refractivity contribution >= 4 is 17.3 Å². The second-order valence-corrected chi connectivity index (χ2v) is 3.95. The number of rotatable bonds is 6. The molecule has 0 saturated carbocycles. The maximum absolute atomic E-state index is 11.7. The molecule has 1 amide bonds. The molecule has 0 heterocycles. The molecule has 0 fully saturated rings. The van der Waals surface area contributed by atoms with Crippen molar-refractivity contribution in [3.05, 3.63) is 24.3 Å². The second kappa shape index (κ2) is 7.70. The predicted molar refractivity (Wildman–Crippen MR) is 71.8 cm³/mol. The van der Waals surface area contributed by atoms with E-state index in [9.17, 15) is 4.79 Å². The fourth-order valence-corrected chi connectivity index (χ4v) is 1.51. The summed E-state index contributed by atoms with van der Waals surface area (Å²) in [5.74, 6) is -0.175. The molecule has 0 bridgehead atoms. The highest BCUT2D eigenvalue weighted by molar-refractivity contribution is 5.91. The third-order valence-electron chi connectivity index (χ3n) is 2.41. The van der Waals surface area contributed by atoms with E-state index in [1.807, 2.05) is 12.1 Å². The van der Waals surface area contributed by atoms with Crippen LogP contribution in [0, 0.1) is 22.7 Å². The van der Waals surface area contributed by atoms with Gasteiger partial charge in [0, 0.05) is 24.3 Å². The first-order chi connectivity index (χ1) is 9.15. The van der Waals surface area contributed by atoms with Crippen molar-refractivity contribution in [1.29, 1.82) is 10.5 Å². The van der Waals surface area contributed by atoms with Crippen molar-refractivity contribution in [2.75, 3.05) is 30.7 Å². The van der Waals surface area contributed by atoms with Gasteiger partial charge in [0.2, 0.25) is 5.91 Å². The smallest absolute Gasteiger partial charge is 0.225 e. The molecular weight excluding hydrogens is 242 g/mol. The molecule has 0 spiro atoms. The highest BCUT2D eigenvalue weighted by atomic mass is 16.1. The Bertz CT molecular complexity index is 499. The molecule has 0 radical (unpaired) electrons. The molecule has 19 heavy (non-hydrogen) atoms. The van der Waals surface area contributed by atoms with Crippen LogP contribution < -0.4 is 11.1 Å². The largest absolute Gasteiger partial charge is 0.399 e. The third-order valence-corrected chi connectivity index (χ3v) is 2.41. The van der Waals surface area contributed by atoms with Gasteiger partial charge in [0.25, 0.3) is 0 Å². The summed E-state index contributed by atoms with van der Waals surface area (Å²) in [4.78, 5) is 13.3. The minimum atomic E-state index is -0.175. The van der Waals surface area contributed by atoms with Gasteiger partial charge in [0.1, 0.15) is 0 Å². The Hall–Kier alpha value is -2.57. The van der Waals surface area contributed by atoms with Gasteiger partial charge in [-0.2, -0.15) is 10.5 Å². The van der Waals surface area contributed by atoms with Crippen LogP contribution in [0.3, 0.4) is 0 Å². The minimum absolute atomic E-state index is 0.138. The maximum Gasteiger partial charge on any atom is 0.225 e. The van der Waals surface area contributed by atoms with E-state index in [1.165, 1.54) is 0 Å². The van der Waals surface area contributed by atoms with Crippen molar-refractivity contribution in [2.24, 2.45) is 0 Å². The summed E-state index contributed by atoms with van der Waals surface area (Å²) < 4.78 is 0. The average molecular weight is 257 g/mol. The van der Waals surface area contributed by atoms with Crippen LogP contribution in [-0.2, 0) is 4.79 Å². The van der Waals surface area contributed by atoms with Gasteiger partial charge in [-0.1, -0.05) is 6.07 Å². The molecule has 0 aromatic heterocycles. The quantitative estimate of drug-likeness (QED) is 0.583. The monoisotopic (exact) mass is 257 g/mol. The Labute approximate surface area is 112 Å². The number of carbonyl (C=O) groups is 1. The molecule has 1 aromatic rings. The molecule has 0 aliphatic heterocycles. The van der Waals surface area contributed by atoms with Crippen molar-refractivity contribution in [2.45, 2.75) is 6.42 Å². The van der Waals surface area contributed by atoms with Gasteiger partial charge in [-0.3, -0.25) is 9.69 Å². The number of hydrogen-bond acceptors (Lipinski definition) is 5. The molecule has 6 heteroatoms. The van der Waals surface area contributed by atoms with E-state index < -0.39 is 0 Å². The van der Waals surface area contributed by atoms with Crippen molar-refractivity contribution in [3.63, 3.8) is 0 Å². The number of benzene rings is 1. The number of anilines is 2. The lowest BCUT2D eigenvalue weighted by molar-refractivity contribution is -0.116. The highest BCUT2D eigenvalue weighted by Gasteiger charge is 2.08. The van der Waals surface area contributed by atoms with E-state index in [2.05, 4.69) is 5.32 Å². The van der Waals surface area contributed by atoms with E-state index in [1.54, 1.807) is 29.2 Å². The van der Waals surface area contributed by atoms with Crippen molar-refractivity contribution < 1.29 is 4.79 Å². The van der Waals surface area contributed by atoms with Crippen LogP contribution in [0.4, 0.5) is 11.4 Å². The zero-order valence-corrected chi connectivity index (χ0v) is 10.5. The van der Waals surface area contributed by atoms with Crippen LogP contribution in [0.2, 0.25) is 0 Å². The first kappa shape index (κ1) is 14.5.